The third kappa shape index (κ3) is 6.96. The molecule has 0 aliphatic heterocycles. The zero-order valence-electron chi connectivity index (χ0n) is 16.6. The lowest BCUT2D eigenvalue weighted by Crippen LogP contribution is -2.32. The van der Waals surface area contributed by atoms with Crippen LogP contribution in [0.4, 0.5) is 13.2 Å². The van der Waals surface area contributed by atoms with Gasteiger partial charge in [-0.05, 0) is 48.7 Å². The van der Waals surface area contributed by atoms with Gasteiger partial charge >= 0.3 is 6.18 Å². The van der Waals surface area contributed by atoms with Gasteiger partial charge in [-0.25, -0.2) is 13.1 Å². The van der Waals surface area contributed by atoms with E-state index in [9.17, 15) is 26.4 Å². The van der Waals surface area contributed by atoms with E-state index >= 15 is 0 Å². The molecule has 1 aliphatic carbocycles. The molecular weight excluding hydrogens is 433 g/mol. The highest BCUT2D eigenvalue weighted by molar-refractivity contribution is 7.89. The molecular formula is C21H23F3N2O4S. The Hall–Kier alpha value is -2.59. The van der Waals surface area contributed by atoms with Crippen LogP contribution in [-0.4, -0.2) is 33.1 Å². The minimum atomic E-state index is -4.42. The second kappa shape index (κ2) is 9.69. The summed E-state index contributed by atoms with van der Waals surface area (Å²) >= 11 is 0. The van der Waals surface area contributed by atoms with E-state index in [2.05, 4.69) is 14.8 Å². The Balaban J connectivity index is 1.57. The van der Waals surface area contributed by atoms with E-state index in [4.69, 9.17) is 0 Å². The van der Waals surface area contributed by atoms with Gasteiger partial charge in [0.1, 0.15) is 5.75 Å². The lowest BCUT2D eigenvalue weighted by molar-refractivity contribution is -0.153. The zero-order chi connectivity index (χ0) is 22.5. The number of benzene rings is 2. The van der Waals surface area contributed by atoms with Crippen molar-refractivity contribution in [2.24, 2.45) is 0 Å². The fourth-order valence-electron chi connectivity index (χ4n) is 3.29. The summed E-state index contributed by atoms with van der Waals surface area (Å²) in [6.07, 6.45) is -0.823. The molecule has 0 radical (unpaired) electrons. The number of halogens is 3. The smallest absolute Gasteiger partial charge is 0.422 e. The predicted octanol–water partition coefficient (Wildman–Crippen LogP) is 3.78. The molecule has 1 fully saturated rings. The third-order valence-corrected chi connectivity index (χ3v) is 6.38. The van der Waals surface area contributed by atoms with Crippen molar-refractivity contribution in [2.75, 3.05) is 6.61 Å². The standard InChI is InChI=1S/C21H23F3N2O4S/c22-21(23,24)14-30-18-10-8-15(9-11-18)13-25-20(27)16-4-3-7-19(12-16)31(28,29)26-17-5-1-2-6-17/h3-4,7-12,17,26H,1-2,5-6,13-14H2,(H,25,27). The summed E-state index contributed by atoms with van der Waals surface area (Å²) in [7, 11) is -3.71. The van der Waals surface area contributed by atoms with E-state index in [1.54, 1.807) is 12.1 Å². The largest absolute Gasteiger partial charge is 0.484 e. The molecule has 3 rings (SSSR count). The number of sulfonamides is 1. The summed E-state index contributed by atoms with van der Waals surface area (Å²) in [5.41, 5.74) is 0.846. The number of amides is 1. The fourth-order valence-corrected chi connectivity index (χ4v) is 4.64. The molecule has 0 unspecified atom stereocenters. The molecule has 0 bridgehead atoms. The Morgan fingerprint density at radius 3 is 2.39 bits per heavy atom. The highest BCUT2D eigenvalue weighted by Gasteiger charge is 2.28. The highest BCUT2D eigenvalue weighted by Crippen LogP contribution is 2.21. The lowest BCUT2D eigenvalue weighted by atomic mass is 10.2. The molecule has 168 valence electrons. The van der Waals surface area contributed by atoms with E-state index in [-0.39, 0.29) is 28.8 Å². The molecule has 2 N–H and O–H groups in total. The fraction of sp³-hybridized carbons (Fsp3) is 0.381. The molecule has 1 saturated carbocycles. The number of hydrogen-bond donors (Lipinski definition) is 2. The highest BCUT2D eigenvalue weighted by atomic mass is 32.2. The number of ether oxygens (including phenoxy) is 1. The normalized spacial score (nSPS) is 15.1. The van der Waals surface area contributed by atoms with Crippen molar-refractivity contribution >= 4 is 15.9 Å². The molecule has 31 heavy (non-hydrogen) atoms. The van der Waals surface area contributed by atoms with Crippen molar-refractivity contribution in [1.82, 2.24) is 10.0 Å². The average molecular weight is 456 g/mol. The SMILES string of the molecule is O=C(NCc1ccc(OCC(F)(F)F)cc1)c1cccc(S(=O)(=O)NC2CCCC2)c1. The van der Waals surface area contributed by atoms with Crippen molar-refractivity contribution in [2.45, 2.75) is 49.3 Å². The van der Waals surface area contributed by atoms with E-state index in [1.807, 2.05) is 0 Å². The van der Waals surface area contributed by atoms with Crippen LogP contribution in [0.2, 0.25) is 0 Å². The van der Waals surface area contributed by atoms with Crippen molar-refractivity contribution in [3.63, 3.8) is 0 Å². The summed E-state index contributed by atoms with van der Waals surface area (Å²) in [4.78, 5) is 12.5. The van der Waals surface area contributed by atoms with Gasteiger partial charge in [0.05, 0.1) is 4.90 Å². The average Bonchev–Trinajstić information content (AvgIpc) is 3.23. The number of rotatable bonds is 8. The molecule has 10 heteroatoms. The molecule has 0 saturated heterocycles. The van der Waals surface area contributed by atoms with Gasteiger partial charge in [-0.1, -0.05) is 31.0 Å². The van der Waals surface area contributed by atoms with Crippen molar-refractivity contribution in [3.8, 4) is 5.75 Å². The van der Waals surface area contributed by atoms with E-state index < -0.39 is 28.7 Å². The lowest BCUT2D eigenvalue weighted by Gasteiger charge is -2.13. The first-order valence-electron chi connectivity index (χ1n) is 9.81. The maximum absolute atomic E-state index is 12.6. The van der Waals surface area contributed by atoms with Gasteiger partial charge in [0, 0.05) is 18.2 Å². The molecule has 2 aromatic rings. The third-order valence-electron chi connectivity index (χ3n) is 4.86. The van der Waals surface area contributed by atoms with Crippen LogP contribution in [0.15, 0.2) is 53.4 Å². The number of carbonyl (C=O) groups is 1. The van der Waals surface area contributed by atoms with Crippen LogP contribution in [0.5, 0.6) is 5.75 Å². The molecule has 0 heterocycles. The molecule has 0 aromatic heterocycles. The quantitative estimate of drug-likeness (QED) is 0.633. The van der Waals surface area contributed by atoms with Crippen molar-refractivity contribution in [1.29, 1.82) is 0 Å². The van der Waals surface area contributed by atoms with Gasteiger partial charge in [0.25, 0.3) is 5.91 Å². The molecule has 0 spiro atoms. The summed E-state index contributed by atoms with van der Waals surface area (Å²) in [6, 6.07) is 11.5. The van der Waals surface area contributed by atoms with Crippen LogP contribution in [0, 0.1) is 0 Å². The number of carbonyl (C=O) groups excluding carboxylic acids is 1. The Bertz CT molecular complexity index is 1000. The molecule has 1 amide bonds. The van der Waals surface area contributed by atoms with Crippen LogP contribution in [0.3, 0.4) is 0 Å². The van der Waals surface area contributed by atoms with Crippen molar-refractivity contribution in [3.05, 3.63) is 59.7 Å². The van der Waals surface area contributed by atoms with Crippen LogP contribution >= 0.6 is 0 Å². The van der Waals surface area contributed by atoms with Gasteiger partial charge in [-0.15, -0.1) is 0 Å². The first kappa shape index (κ1) is 23.1. The molecule has 2 aromatic carbocycles. The monoisotopic (exact) mass is 456 g/mol. The van der Waals surface area contributed by atoms with Crippen LogP contribution < -0.4 is 14.8 Å². The Labute approximate surface area is 178 Å². The maximum Gasteiger partial charge on any atom is 0.422 e. The second-order valence-electron chi connectivity index (χ2n) is 7.36. The summed E-state index contributed by atoms with van der Waals surface area (Å²) in [5.74, 6) is -0.393. The molecule has 6 nitrogen and oxygen atoms in total. The first-order chi connectivity index (χ1) is 14.6. The Morgan fingerprint density at radius 1 is 1.06 bits per heavy atom. The van der Waals surface area contributed by atoms with E-state index in [0.717, 1.165) is 25.7 Å². The summed E-state index contributed by atoms with van der Waals surface area (Å²) < 4.78 is 69.0. The Morgan fingerprint density at radius 2 is 1.74 bits per heavy atom. The van der Waals surface area contributed by atoms with Crippen LogP contribution in [0.25, 0.3) is 0 Å². The van der Waals surface area contributed by atoms with E-state index in [1.165, 1.54) is 36.4 Å². The minimum absolute atomic E-state index is 0.0261. The summed E-state index contributed by atoms with van der Waals surface area (Å²) in [6.45, 7) is -1.26. The Kier molecular flexibility index (Phi) is 7.22. The van der Waals surface area contributed by atoms with Crippen molar-refractivity contribution < 1.29 is 31.1 Å². The number of hydrogen-bond acceptors (Lipinski definition) is 4. The number of alkyl halides is 3. The van der Waals surface area contributed by atoms with Gasteiger partial charge in [-0.3, -0.25) is 4.79 Å². The minimum Gasteiger partial charge on any atom is -0.484 e. The number of nitrogens with one attached hydrogen (secondary N) is 2. The first-order valence-corrected chi connectivity index (χ1v) is 11.3. The maximum atomic E-state index is 12.6. The van der Waals surface area contributed by atoms with Gasteiger partial charge in [0.2, 0.25) is 10.0 Å². The predicted molar refractivity (Wildman–Crippen MR) is 108 cm³/mol. The van der Waals surface area contributed by atoms with Gasteiger partial charge in [0.15, 0.2) is 6.61 Å². The van der Waals surface area contributed by atoms with Crippen LogP contribution in [0.1, 0.15) is 41.6 Å². The topological polar surface area (TPSA) is 84.5 Å². The van der Waals surface area contributed by atoms with E-state index in [0.29, 0.717) is 5.56 Å². The molecule has 1 aliphatic rings. The zero-order valence-corrected chi connectivity index (χ0v) is 17.4. The molecule has 0 atom stereocenters. The van der Waals surface area contributed by atoms with Crippen LogP contribution in [-0.2, 0) is 16.6 Å². The van der Waals surface area contributed by atoms with Gasteiger partial charge < -0.3 is 10.1 Å². The summed E-state index contributed by atoms with van der Waals surface area (Å²) in [5, 5.41) is 2.67. The van der Waals surface area contributed by atoms with Gasteiger partial charge in [-0.2, -0.15) is 13.2 Å². The second-order valence-corrected chi connectivity index (χ2v) is 9.07.